The SMILES string of the molecule is C.CC.CC(C)c1ccc(-c2ccc(C(C)C)cc2)cc1. The standard InChI is InChI=1S/C18H22.C2H6.CH4/c1-13(2)15-5-9-17(10-6-15)18-11-7-16(8-12-18)14(3)4;1-2;/h5-14H,1-4H3;1-2H3;1H4. The van der Waals surface area contributed by atoms with Crippen molar-refractivity contribution >= 4 is 0 Å². The molecule has 0 saturated carbocycles. The van der Waals surface area contributed by atoms with Crippen molar-refractivity contribution in [1.82, 2.24) is 0 Å². The van der Waals surface area contributed by atoms with Gasteiger partial charge in [0.15, 0.2) is 0 Å². The molecule has 0 aromatic heterocycles. The third-order valence-electron chi connectivity index (χ3n) is 3.49. The summed E-state index contributed by atoms with van der Waals surface area (Å²) >= 11 is 0. The normalized spacial score (nSPS) is 9.90. The van der Waals surface area contributed by atoms with E-state index < -0.39 is 0 Å². The molecule has 2 aromatic carbocycles. The fourth-order valence-electron chi connectivity index (χ4n) is 2.12. The van der Waals surface area contributed by atoms with Crippen LogP contribution < -0.4 is 0 Å². The van der Waals surface area contributed by atoms with Crippen molar-refractivity contribution in [1.29, 1.82) is 0 Å². The van der Waals surface area contributed by atoms with Crippen molar-refractivity contribution in [2.45, 2.75) is 60.8 Å². The zero-order valence-electron chi connectivity index (χ0n) is 13.8. The van der Waals surface area contributed by atoms with Gasteiger partial charge in [0.1, 0.15) is 0 Å². The first-order valence-electron chi connectivity index (χ1n) is 7.78. The van der Waals surface area contributed by atoms with Crippen LogP contribution in [0, 0.1) is 0 Å². The minimum Gasteiger partial charge on any atom is -0.0776 e. The Morgan fingerprint density at radius 1 is 0.524 bits per heavy atom. The van der Waals surface area contributed by atoms with Gasteiger partial charge in [-0.25, -0.2) is 0 Å². The first-order valence-corrected chi connectivity index (χ1v) is 7.78. The molecule has 0 atom stereocenters. The smallest absolute Gasteiger partial charge is 0.0184 e. The third kappa shape index (κ3) is 5.38. The van der Waals surface area contributed by atoms with Gasteiger partial charge in [-0.2, -0.15) is 0 Å². The fourth-order valence-corrected chi connectivity index (χ4v) is 2.12. The summed E-state index contributed by atoms with van der Waals surface area (Å²) in [4.78, 5) is 0. The predicted octanol–water partition coefficient (Wildman–Crippen LogP) is 7.26. The highest BCUT2D eigenvalue weighted by Gasteiger charge is 2.02. The van der Waals surface area contributed by atoms with Crippen LogP contribution in [0.4, 0.5) is 0 Å². The highest BCUT2D eigenvalue weighted by Crippen LogP contribution is 2.24. The van der Waals surface area contributed by atoms with Crippen molar-refractivity contribution in [3.63, 3.8) is 0 Å². The lowest BCUT2D eigenvalue weighted by Crippen LogP contribution is -1.88. The summed E-state index contributed by atoms with van der Waals surface area (Å²) in [5, 5.41) is 0. The second kappa shape index (κ2) is 9.39. The van der Waals surface area contributed by atoms with Crippen LogP contribution in [0.5, 0.6) is 0 Å². The first-order chi connectivity index (χ1) is 9.58. The molecule has 0 heteroatoms. The monoisotopic (exact) mass is 284 g/mol. The first kappa shape index (κ1) is 19.4. The van der Waals surface area contributed by atoms with Gasteiger partial charge in [-0.1, -0.05) is 97.5 Å². The van der Waals surface area contributed by atoms with Crippen molar-refractivity contribution in [3.8, 4) is 11.1 Å². The highest BCUT2D eigenvalue weighted by atomic mass is 14.1. The Labute approximate surface area is 132 Å². The molecule has 0 N–H and O–H groups in total. The average Bonchev–Trinajstić information content (AvgIpc) is 2.49. The lowest BCUT2D eigenvalue weighted by atomic mass is 9.96. The van der Waals surface area contributed by atoms with Gasteiger partial charge in [0.25, 0.3) is 0 Å². The third-order valence-corrected chi connectivity index (χ3v) is 3.49. The molecule has 0 heterocycles. The van der Waals surface area contributed by atoms with Gasteiger partial charge in [0.2, 0.25) is 0 Å². The maximum Gasteiger partial charge on any atom is -0.0184 e. The van der Waals surface area contributed by atoms with Gasteiger partial charge in [-0.3, -0.25) is 0 Å². The molecule has 0 fully saturated rings. The molecule has 0 saturated heterocycles. The Balaban J connectivity index is 0.00000128. The van der Waals surface area contributed by atoms with Crippen LogP contribution in [0.25, 0.3) is 11.1 Å². The van der Waals surface area contributed by atoms with Gasteiger partial charge < -0.3 is 0 Å². The quantitative estimate of drug-likeness (QED) is 0.556. The molecule has 0 bridgehead atoms. The number of rotatable bonds is 3. The van der Waals surface area contributed by atoms with E-state index in [1.807, 2.05) is 13.8 Å². The molecule has 0 unspecified atom stereocenters. The molecular weight excluding hydrogens is 252 g/mol. The van der Waals surface area contributed by atoms with E-state index in [-0.39, 0.29) is 7.43 Å². The number of benzene rings is 2. The summed E-state index contributed by atoms with van der Waals surface area (Å²) in [6.45, 7) is 12.9. The molecule has 21 heavy (non-hydrogen) atoms. The maximum atomic E-state index is 2.23. The van der Waals surface area contributed by atoms with E-state index in [9.17, 15) is 0 Å². The van der Waals surface area contributed by atoms with E-state index in [1.54, 1.807) is 0 Å². The summed E-state index contributed by atoms with van der Waals surface area (Å²) in [7, 11) is 0. The molecule has 0 aliphatic heterocycles. The molecule has 2 rings (SSSR count). The molecule has 0 amide bonds. The fraction of sp³-hybridized carbons (Fsp3) is 0.429. The summed E-state index contributed by atoms with van der Waals surface area (Å²) < 4.78 is 0. The number of hydrogen-bond acceptors (Lipinski definition) is 0. The average molecular weight is 284 g/mol. The van der Waals surface area contributed by atoms with Crippen LogP contribution in [-0.4, -0.2) is 0 Å². The summed E-state index contributed by atoms with van der Waals surface area (Å²) in [6.07, 6.45) is 0. The summed E-state index contributed by atoms with van der Waals surface area (Å²) in [6, 6.07) is 17.8. The van der Waals surface area contributed by atoms with Crippen LogP contribution in [-0.2, 0) is 0 Å². The van der Waals surface area contributed by atoms with E-state index in [0.717, 1.165) is 0 Å². The van der Waals surface area contributed by atoms with Gasteiger partial charge in [-0.05, 0) is 34.1 Å². The predicted molar refractivity (Wildman–Crippen MR) is 98.1 cm³/mol. The molecule has 0 spiro atoms. The summed E-state index contributed by atoms with van der Waals surface area (Å²) in [5.41, 5.74) is 5.40. The Morgan fingerprint density at radius 2 is 0.762 bits per heavy atom. The lowest BCUT2D eigenvalue weighted by molar-refractivity contribution is 0.866. The minimum absolute atomic E-state index is 0. The van der Waals surface area contributed by atoms with E-state index in [2.05, 4.69) is 76.2 Å². The van der Waals surface area contributed by atoms with Crippen LogP contribution in [0.2, 0.25) is 0 Å². The van der Waals surface area contributed by atoms with E-state index in [0.29, 0.717) is 11.8 Å². The minimum atomic E-state index is 0. The van der Waals surface area contributed by atoms with Gasteiger partial charge in [0, 0.05) is 0 Å². The Morgan fingerprint density at radius 3 is 0.952 bits per heavy atom. The topological polar surface area (TPSA) is 0 Å². The maximum absolute atomic E-state index is 2.23. The second-order valence-electron chi connectivity index (χ2n) is 5.55. The molecular formula is C21H32. The van der Waals surface area contributed by atoms with E-state index in [4.69, 9.17) is 0 Å². The molecule has 2 aromatic rings. The van der Waals surface area contributed by atoms with Crippen LogP contribution in [0.3, 0.4) is 0 Å². The van der Waals surface area contributed by atoms with Crippen LogP contribution >= 0.6 is 0 Å². The molecule has 0 radical (unpaired) electrons. The Hall–Kier alpha value is -1.56. The van der Waals surface area contributed by atoms with Gasteiger partial charge >= 0.3 is 0 Å². The van der Waals surface area contributed by atoms with Crippen molar-refractivity contribution in [2.24, 2.45) is 0 Å². The van der Waals surface area contributed by atoms with Crippen molar-refractivity contribution < 1.29 is 0 Å². The van der Waals surface area contributed by atoms with Gasteiger partial charge in [-0.15, -0.1) is 0 Å². The zero-order valence-corrected chi connectivity index (χ0v) is 13.8. The van der Waals surface area contributed by atoms with Crippen molar-refractivity contribution in [3.05, 3.63) is 59.7 Å². The second-order valence-corrected chi connectivity index (χ2v) is 5.55. The largest absolute Gasteiger partial charge is 0.0776 e. The zero-order chi connectivity index (χ0) is 15.1. The summed E-state index contributed by atoms with van der Waals surface area (Å²) in [5.74, 6) is 1.20. The van der Waals surface area contributed by atoms with Crippen LogP contribution in [0.15, 0.2) is 48.5 Å². The number of hydrogen-bond donors (Lipinski definition) is 0. The molecule has 116 valence electrons. The Bertz CT molecular complexity index is 437. The molecule has 0 aliphatic carbocycles. The van der Waals surface area contributed by atoms with Gasteiger partial charge in [0.05, 0.1) is 0 Å². The van der Waals surface area contributed by atoms with E-state index in [1.165, 1.54) is 22.3 Å². The van der Waals surface area contributed by atoms with Crippen molar-refractivity contribution in [2.75, 3.05) is 0 Å². The van der Waals surface area contributed by atoms with Crippen LogP contribution in [0.1, 0.15) is 71.9 Å². The molecule has 0 nitrogen and oxygen atoms in total. The molecule has 0 aliphatic rings. The highest BCUT2D eigenvalue weighted by molar-refractivity contribution is 5.64. The lowest BCUT2D eigenvalue weighted by Gasteiger charge is -2.09. The Kier molecular flexibility index (Phi) is 8.69. The van der Waals surface area contributed by atoms with E-state index >= 15 is 0 Å².